The second kappa shape index (κ2) is 4.40. The zero-order chi connectivity index (χ0) is 12.4. The van der Waals surface area contributed by atoms with Gasteiger partial charge >= 0.3 is 5.76 Å². The largest absolute Gasteiger partial charge is 0.418 e. The molecule has 0 spiro atoms. The predicted octanol–water partition coefficient (Wildman–Crippen LogP) is 0.570. The highest BCUT2D eigenvalue weighted by Gasteiger charge is 2.17. The molecule has 1 amide bonds. The average molecular weight is 235 g/mol. The molecule has 3 N–H and O–H groups in total. The van der Waals surface area contributed by atoms with E-state index in [1.807, 2.05) is 6.92 Å². The number of rotatable bonds is 4. The number of H-pyrrole nitrogens is 1. The van der Waals surface area contributed by atoms with Crippen molar-refractivity contribution in [1.82, 2.24) is 9.97 Å². The zero-order valence-electron chi connectivity index (χ0n) is 9.40. The molecule has 0 aromatic carbocycles. The number of aromatic nitrogens is 2. The van der Waals surface area contributed by atoms with Crippen LogP contribution in [0.15, 0.2) is 21.5 Å². The van der Waals surface area contributed by atoms with Crippen LogP contribution in [0.3, 0.4) is 0 Å². The Kier molecular flexibility index (Phi) is 2.95. The summed E-state index contributed by atoms with van der Waals surface area (Å²) in [6.45, 7) is 1.89. The number of pyridine rings is 1. The van der Waals surface area contributed by atoms with Gasteiger partial charge in [-0.2, -0.15) is 0 Å². The molecule has 0 radical (unpaired) electrons. The van der Waals surface area contributed by atoms with Crippen LogP contribution < -0.4 is 11.5 Å². The van der Waals surface area contributed by atoms with Crippen molar-refractivity contribution in [3.8, 4) is 0 Å². The van der Waals surface area contributed by atoms with E-state index in [9.17, 15) is 9.59 Å². The van der Waals surface area contributed by atoms with Gasteiger partial charge in [0.2, 0.25) is 5.91 Å². The lowest BCUT2D eigenvalue weighted by Gasteiger charge is -2.10. The van der Waals surface area contributed by atoms with Crippen LogP contribution in [0, 0.1) is 5.92 Å². The first kappa shape index (κ1) is 11.4. The quantitative estimate of drug-likeness (QED) is 0.808. The number of hydrogen-bond donors (Lipinski definition) is 2. The smallest absolute Gasteiger partial charge is 0.406 e. The summed E-state index contributed by atoms with van der Waals surface area (Å²) in [6.07, 6.45) is 2.66. The molecule has 0 saturated carbocycles. The summed E-state index contributed by atoms with van der Waals surface area (Å²) >= 11 is 0. The van der Waals surface area contributed by atoms with E-state index in [2.05, 4.69) is 9.97 Å². The van der Waals surface area contributed by atoms with Crippen molar-refractivity contribution < 1.29 is 9.21 Å². The fraction of sp³-hybridized carbons (Fsp3) is 0.364. The molecule has 0 saturated heterocycles. The lowest BCUT2D eigenvalue weighted by Crippen LogP contribution is -2.24. The highest BCUT2D eigenvalue weighted by atomic mass is 16.4. The van der Waals surface area contributed by atoms with Crippen molar-refractivity contribution in [1.29, 1.82) is 0 Å². The van der Waals surface area contributed by atoms with Gasteiger partial charge in [0.1, 0.15) is 0 Å². The maximum absolute atomic E-state index is 11.2. The van der Waals surface area contributed by atoms with Gasteiger partial charge in [-0.15, -0.1) is 0 Å². The van der Waals surface area contributed by atoms with Gasteiger partial charge in [0.05, 0.1) is 0 Å². The van der Waals surface area contributed by atoms with Crippen molar-refractivity contribution >= 4 is 17.1 Å². The first-order chi connectivity index (χ1) is 8.11. The van der Waals surface area contributed by atoms with E-state index in [0.29, 0.717) is 24.1 Å². The van der Waals surface area contributed by atoms with E-state index in [1.54, 1.807) is 12.3 Å². The summed E-state index contributed by atoms with van der Waals surface area (Å²) < 4.78 is 5.00. The summed E-state index contributed by atoms with van der Waals surface area (Å²) in [6, 6.07) is 1.73. The van der Waals surface area contributed by atoms with E-state index >= 15 is 0 Å². The SMILES string of the molecule is CCC(Cc1ccnc2[nH]c(=O)oc12)C(N)=O. The number of nitrogens with two attached hydrogens (primary N) is 1. The summed E-state index contributed by atoms with van der Waals surface area (Å²) in [5.41, 5.74) is 6.85. The van der Waals surface area contributed by atoms with Crippen LogP contribution in [0.5, 0.6) is 0 Å². The second-order valence-electron chi connectivity index (χ2n) is 3.87. The van der Waals surface area contributed by atoms with Crippen LogP contribution in [-0.2, 0) is 11.2 Å². The molecular weight excluding hydrogens is 222 g/mol. The topological polar surface area (TPSA) is 102 Å². The highest BCUT2D eigenvalue weighted by molar-refractivity contribution is 5.78. The fourth-order valence-corrected chi connectivity index (χ4v) is 1.78. The lowest BCUT2D eigenvalue weighted by molar-refractivity contribution is -0.121. The molecule has 2 aromatic rings. The summed E-state index contributed by atoms with van der Waals surface area (Å²) in [5, 5.41) is 0. The Morgan fingerprint density at radius 1 is 1.65 bits per heavy atom. The normalized spacial score (nSPS) is 12.8. The number of amides is 1. The van der Waals surface area contributed by atoms with E-state index in [4.69, 9.17) is 10.2 Å². The van der Waals surface area contributed by atoms with Crippen LogP contribution >= 0.6 is 0 Å². The third-order valence-electron chi connectivity index (χ3n) is 2.76. The van der Waals surface area contributed by atoms with E-state index in [-0.39, 0.29) is 11.8 Å². The van der Waals surface area contributed by atoms with E-state index in [0.717, 1.165) is 5.56 Å². The number of carbonyl (C=O) groups is 1. The monoisotopic (exact) mass is 235 g/mol. The minimum Gasteiger partial charge on any atom is -0.406 e. The Hall–Kier alpha value is -2.11. The van der Waals surface area contributed by atoms with Crippen molar-refractivity contribution in [2.75, 3.05) is 0 Å². The molecular formula is C11H13N3O3. The van der Waals surface area contributed by atoms with Gasteiger partial charge in [-0.1, -0.05) is 6.92 Å². The predicted molar refractivity (Wildman–Crippen MR) is 61.3 cm³/mol. The van der Waals surface area contributed by atoms with E-state index < -0.39 is 5.76 Å². The van der Waals surface area contributed by atoms with Crippen molar-refractivity contribution in [3.05, 3.63) is 28.4 Å². The van der Waals surface area contributed by atoms with Crippen LogP contribution in [0.1, 0.15) is 18.9 Å². The molecule has 6 heteroatoms. The Labute approximate surface area is 96.8 Å². The molecule has 6 nitrogen and oxygen atoms in total. The molecule has 0 aliphatic heterocycles. The van der Waals surface area contributed by atoms with E-state index in [1.165, 1.54) is 0 Å². The van der Waals surface area contributed by atoms with Gasteiger partial charge < -0.3 is 10.2 Å². The maximum Gasteiger partial charge on any atom is 0.418 e. The van der Waals surface area contributed by atoms with Gasteiger partial charge in [0.25, 0.3) is 0 Å². The molecule has 0 aliphatic carbocycles. The van der Waals surface area contributed by atoms with Crippen LogP contribution in [0.25, 0.3) is 11.2 Å². The molecule has 1 atom stereocenters. The molecule has 0 aliphatic rings. The average Bonchev–Trinajstić information content (AvgIpc) is 2.66. The third kappa shape index (κ3) is 2.20. The number of nitrogens with zero attached hydrogens (tertiary/aromatic N) is 1. The molecule has 2 rings (SSSR count). The van der Waals surface area contributed by atoms with Crippen LogP contribution in [0.4, 0.5) is 0 Å². The minimum atomic E-state index is -0.549. The summed E-state index contributed by atoms with van der Waals surface area (Å²) in [5.74, 6) is -1.16. The molecule has 90 valence electrons. The van der Waals surface area contributed by atoms with Crippen LogP contribution in [0.2, 0.25) is 0 Å². The first-order valence-corrected chi connectivity index (χ1v) is 5.37. The summed E-state index contributed by atoms with van der Waals surface area (Å²) in [7, 11) is 0. The Morgan fingerprint density at radius 3 is 3.06 bits per heavy atom. The number of carbonyl (C=O) groups excluding carboxylic acids is 1. The number of aromatic amines is 1. The van der Waals surface area contributed by atoms with Gasteiger partial charge in [-0.05, 0) is 18.9 Å². The highest BCUT2D eigenvalue weighted by Crippen LogP contribution is 2.18. The second-order valence-corrected chi connectivity index (χ2v) is 3.87. The standard InChI is InChI=1S/C11H13N3O3/c1-2-6(9(12)15)5-7-3-4-13-10-8(7)17-11(16)14-10/h3-4,6H,2,5H2,1H3,(H2,12,15)(H,13,14,16). The Balaban J connectivity index is 2.41. The molecule has 17 heavy (non-hydrogen) atoms. The van der Waals surface area contributed by atoms with Gasteiger partial charge in [-0.3, -0.25) is 9.78 Å². The zero-order valence-corrected chi connectivity index (χ0v) is 9.40. The third-order valence-corrected chi connectivity index (χ3v) is 2.76. The van der Waals surface area contributed by atoms with Crippen molar-refractivity contribution in [2.24, 2.45) is 11.7 Å². The molecule has 1 unspecified atom stereocenters. The molecule has 2 aromatic heterocycles. The Bertz CT molecular complexity index is 599. The van der Waals surface area contributed by atoms with Crippen molar-refractivity contribution in [3.63, 3.8) is 0 Å². The Morgan fingerprint density at radius 2 is 2.41 bits per heavy atom. The van der Waals surface area contributed by atoms with Crippen LogP contribution in [-0.4, -0.2) is 15.9 Å². The first-order valence-electron chi connectivity index (χ1n) is 5.37. The molecule has 0 fully saturated rings. The minimum absolute atomic E-state index is 0.263. The van der Waals surface area contributed by atoms with Crippen molar-refractivity contribution in [2.45, 2.75) is 19.8 Å². The summed E-state index contributed by atoms with van der Waals surface area (Å²) in [4.78, 5) is 28.7. The van der Waals surface area contributed by atoms with Gasteiger partial charge in [-0.25, -0.2) is 9.78 Å². The lowest BCUT2D eigenvalue weighted by atomic mass is 9.97. The maximum atomic E-state index is 11.2. The molecule has 2 heterocycles. The number of nitrogens with one attached hydrogen (secondary N) is 1. The number of hydrogen-bond acceptors (Lipinski definition) is 4. The van der Waals surface area contributed by atoms with Gasteiger partial charge in [0, 0.05) is 17.7 Å². The number of oxazole rings is 1. The fourth-order valence-electron chi connectivity index (χ4n) is 1.78. The number of primary amides is 1. The molecule has 0 bridgehead atoms. The number of fused-ring (bicyclic) bond motifs is 1. The van der Waals surface area contributed by atoms with Gasteiger partial charge in [0.15, 0.2) is 11.2 Å².